The van der Waals surface area contributed by atoms with E-state index in [2.05, 4.69) is 0 Å². The highest BCUT2D eigenvalue weighted by atomic mass is 16.5. The molecule has 0 saturated heterocycles. The van der Waals surface area contributed by atoms with E-state index in [0.717, 1.165) is 5.56 Å². The van der Waals surface area contributed by atoms with Gasteiger partial charge in [-0.05, 0) is 18.2 Å². The van der Waals surface area contributed by atoms with E-state index < -0.39 is 0 Å². The second kappa shape index (κ2) is 1.99. The van der Waals surface area contributed by atoms with Crippen LogP contribution in [0.3, 0.4) is 0 Å². The Kier molecular flexibility index (Phi) is 1.12. The second-order valence-corrected chi connectivity index (χ2v) is 2.52. The summed E-state index contributed by atoms with van der Waals surface area (Å²) in [7, 11) is 0. The standard InChI is InChI=1S/C8H7NO2/c9-6-1-2-7-5(3-6)4-8(10)11-7/h1-3H,4,9H2. The first-order chi connectivity index (χ1) is 5.25. The van der Waals surface area contributed by atoms with Gasteiger partial charge in [-0.25, -0.2) is 0 Å². The van der Waals surface area contributed by atoms with E-state index in [0.29, 0.717) is 17.9 Å². The zero-order chi connectivity index (χ0) is 7.84. The van der Waals surface area contributed by atoms with Crippen LogP contribution < -0.4 is 10.5 Å². The Morgan fingerprint density at radius 2 is 2.27 bits per heavy atom. The fourth-order valence-corrected chi connectivity index (χ4v) is 1.15. The fourth-order valence-electron chi connectivity index (χ4n) is 1.15. The van der Waals surface area contributed by atoms with E-state index in [4.69, 9.17) is 10.5 Å². The van der Waals surface area contributed by atoms with Gasteiger partial charge in [0.2, 0.25) is 0 Å². The highest BCUT2D eigenvalue weighted by Gasteiger charge is 2.19. The summed E-state index contributed by atoms with van der Waals surface area (Å²) in [5.74, 6) is 0.440. The van der Waals surface area contributed by atoms with Gasteiger partial charge < -0.3 is 10.5 Å². The number of carbonyl (C=O) groups is 1. The van der Waals surface area contributed by atoms with Gasteiger partial charge in [-0.15, -0.1) is 0 Å². The molecule has 0 amide bonds. The number of rotatable bonds is 0. The average Bonchev–Trinajstić information content (AvgIpc) is 2.27. The fraction of sp³-hybridized carbons (Fsp3) is 0.125. The average molecular weight is 149 g/mol. The van der Waals surface area contributed by atoms with Crippen molar-refractivity contribution in [2.45, 2.75) is 6.42 Å². The van der Waals surface area contributed by atoms with Crippen LogP contribution in [0.15, 0.2) is 18.2 Å². The first-order valence-electron chi connectivity index (χ1n) is 3.35. The molecule has 0 spiro atoms. The largest absolute Gasteiger partial charge is 0.426 e. The molecule has 0 bridgehead atoms. The van der Waals surface area contributed by atoms with Crippen molar-refractivity contribution in [2.24, 2.45) is 0 Å². The predicted octanol–water partition coefficient (Wildman–Crippen LogP) is 0.730. The topological polar surface area (TPSA) is 52.3 Å². The van der Waals surface area contributed by atoms with E-state index in [1.54, 1.807) is 18.2 Å². The minimum Gasteiger partial charge on any atom is -0.426 e. The summed E-state index contributed by atoms with van der Waals surface area (Å²) >= 11 is 0. The molecule has 56 valence electrons. The monoisotopic (exact) mass is 149 g/mol. The van der Waals surface area contributed by atoms with Gasteiger partial charge in [0.25, 0.3) is 0 Å². The lowest BCUT2D eigenvalue weighted by Crippen LogP contribution is -2.00. The molecular formula is C8H7NO2. The van der Waals surface area contributed by atoms with Gasteiger partial charge in [0.1, 0.15) is 5.75 Å². The van der Waals surface area contributed by atoms with Crippen molar-refractivity contribution in [3.8, 4) is 5.75 Å². The van der Waals surface area contributed by atoms with Crippen molar-refractivity contribution < 1.29 is 9.53 Å². The maximum atomic E-state index is 10.7. The normalized spacial score (nSPS) is 14.4. The summed E-state index contributed by atoms with van der Waals surface area (Å²) in [6, 6.07) is 5.20. The third kappa shape index (κ3) is 0.941. The summed E-state index contributed by atoms with van der Waals surface area (Å²) in [6.45, 7) is 0. The van der Waals surface area contributed by atoms with Crippen LogP contribution in [0.5, 0.6) is 5.75 Å². The lowest BCUT2D eigenvalue weighted by atomic mass is 10.1. The first-order valence-corrected chi connectivity index (χ1v) is 3.35. The van der Waals surface area contributed by atoms with Gasteiger partial charge in [0.05, 0.1) is 6.42 Å². The van der Waals surface area contributed by atoms with Gasteiger partial charge in [-0.2, -0.15) is 0 Å². The number of benzene rings is 1. The van der Waals surface area contributed by atoms with Gasteiger partial charge in [0.15, 0.2) is 0 Å². The third-order valence-electron chi connectivity index (χ3n) is 1.64. The number of ether oxygens (including phenoxy) is 1. The summed E-state index contributed by atoms with van der Waals surface area (Å²) in [6.07, 6.45) is 0.348. The highest BCUT2D eigenvalue weighted by Crippen LogP contribution is 2.27. The number of nitrogens with two attached hydrogens (primary N) is 1. The molecule has 1 aliphatic rings. The third-order valence-corrected chi connectivity index (χ3v) is 1.64. The molecule has 11 heavy (non-hydrogen) atoms. The van der Waals surface area contributed by atoms with Gasteiger partial charge in [-0.1, -0.05) is 0 Å². The molecule has 0 unspecified atom stereocenters. The Morgan fingerprint density at radius 3 is 3.09 bits per heavy atom. The number of anilines is 1. The van der Waals surface area contributed by atoms with Crippen molar-refractivity contribution in [3.63, 3.8) is 0 Å². The lowest BCUT2D eigenvalue weighted by molar-refractivity contribution is -0.131. The number of esters is 1. The molecule has 2 rings (SSSR count). The maximum Gasteiger partial charge on any atom is 0.315 e. The molecule has 0 saturated carbocycles. The van der Waals surface area contributed by atoms with Crippen LogP contribution in [0.1, 0.15) is 5.56 Å². The number of hydrogen-bond acceptors (Lipinski definition) is 3. The van der Waals surface area contributed by atoms with E-state index in [1.807, 2.05) is 0 Å². The van der Waals surface area contributed by atoms with Crippen LogP contribution in [0.4, 0.5) is 5.69 Å². The first kappa shape index (κ1) is 6.22. The molecule has 3 nitrogen and oxygen atoms in total. The Hall–Kier alpha value is -1.51. The quantitative estimate of drug-likeness (QED) is 0.336. The SMILES string of the molecule is Nc1ccc2c(c1)CC(=O)O2. The van der Waals surface area contributed by atoms with Crippen LogP contribution in [0, 0.1) is 0 Å². The summed E-state index contributed by atoms with van der Waals surface area (Å²) in [4.78, 5) is 10.7. The van der Waals surface area contributed by atoms with Gasteiger partial charge in [-0.3, -0.25) is 4.79 Å². The smallest absolute Gasteiger partial charge is 0.315 e. The molecule has 0 atom stereocenters. The molecule has 1 aliphatic heterocycles. The molecule has 1 aromatic rings. The van der Waals surface area contributed by atoms with Crippen LogP contribution in [-0.4, -0.2) is 5.97 Å². The number of nitrogen functional groups attached to an aromatic ring is 1. The summed E-state index contributed by atoms with van der Waals surface area (Å²) in [5.41, 5.74) is 7.06. The van der Waals surface area contributed by atoms with Crippen molar-refractivity contribution >= 4 is 11.7 Å². The molecule has 0 fully saturated rings. The van der Waals surface area contributed by atoms with Crippen molar-refractivity contribution in [1.29, 1.82) is 0 Å². The van der Waals surface area contributed by atoms with Crippen molar-refractivity contribution in [3.05, 3.63) is 23.8 Å². The molecule has 1 aromatic carbocycles. The van der Waals surface area contributed by atoms with Crippen molar-refractivity contribution in [2.75, 3.05) is 5.73 Å². The Morgan fingerprint density at radius 1 is 1.45 bits per heavy atom. The van der Waals surface area contributed by atoms with E-state index >= 15 is 0 Å². The van der Waals surface area contributed by atoms with Crippen LogP contribution in [0.25, 0.3) is 0 Å². The number of fused-ring (bicyclic) bond motifs is 1. The minimum absolute atomic E-state index is 0.203. The summed E-state index contributed by atoms with van der Waals surface area (Å²) in [5, 5.41) is 0. The molecule has 0 aliphatic carbocycles. The predicted molar refractivity (Wildman–Crippen MR) is 40.2 cm³/mol. The molecule has 2 N–H and O–H groups in total. The molecular weight excluding hydrogens is 142 g/mol. The van der Waals surface area contributed by atoms with Crippen molar-refractivity contribution in [1.82, 2.24) is 0 Å². The lowest BCUT2D eigenvalue weighted by Gasteiger charge is -1.96. The van der Waals surface area contributed by atoms with E-state index in [1.165, 1.54) is 0 Å². The number of carbonyl (C=O) groups excluding carboxylic acids is 1. The molecule has 1 heterocycles. The Bertz CT molecular complexity index is 320. The molecule has 0 aromatic heterocycles. The number of hydrogen-bond donors (Lipinski definition) is 1. The molecule has 0 radical (unpaired) electrons. The van der Waals surface area contributed by atoms with Crippen LogP contribution in [-0.2, 0) is 11.2 Å². The van der Waals surface area contributed by atoms with Gasteiger partial charge >= 0.3 is 5.97 Å². The second-order valence-electron chi connectivity index (χ2n) is 2.52. The minimum atomic E-state index is -0.203. The Balaban J connectivity index is 2.51. The van der Waals surface area contributed by atoms with E-state index in [-0.39, 0.29) is 5.97 Å². The van der Waals surface area contributed by atoms with Crippen LogP contribution >= 0.6 is 0 Å². The highest BCUT2D eigenvalue weighted by molar-refractivity contribution is 5.81. The zero-order valence-electron chi connectivity index (χ0n) is 5.83. The Labute approximate surface area is 63.8 Å². The van der Waals surface area contributed by atoms with Gasteiger partial charge in [0, 0.05) is 11.3 Å². The zero-order valence-corrected chi connectivity index (χ0v) is 5.83. The molecule has 3 heteroatoms. The van der Waals surface area contributed by atoms with Crippen LogP contribution in [0.2, 0.25) is 0 Å². The van der Waals surface area contributed by atoms with E-state index in [9.17, 15) is 4.79 Å². The summed E-state index contributed by atoms with van der Waals surface area (Å²) < 4.78 is 4.87. The maximum absolute atomic E-state index is 10.7.